The minimum absolute atomic E-state index is 0.0660. The zero-order valence-corrected chi connectivity index (χ0v) is 6.96. The molecule has 0 rings (SSSR count). The van der Waals surface area contributed by atoms with Crippen molar-refractivity contribution in [1.29, 1.82) is 0 Å². The van der Waals surface area contributed by atoms with Crippen LogP contribution in [-0.4, -0.2) is 29.5 Å². The molecule has 4 nitrogen and oxygen atoms in total. The first-order valence-electron chi connectivity index (χ1n) is 2.94. The Hall–Kier alpha value is -0.420. The number of nitrogens with one attached hydrogen (secondary N) is 2. The monoisotopic (exact) mass is 164 g/mol. The molecule has 0 fully saturated rings. The summed E-state index contributed by atoms with van der Waals surface area (Å²) >= 11 is 0. The largest absolute Gasteiger partial charge is 0.355 e. The molecule has 0 aliphatic carbocycles. The summed E-state index contributed by atoms with van der Waals surface area (Å²) in [6.45, 7) is 2.51. The van der Waals surface area contributed by atoms with Crippen molar-refractivity contribution in [3.63, 3.8) is 0 Å². The average molecular weight is 164 g/mol. The number of carbonyl (C=O) groups excluding carboxylic acids is 1. The fraction of sp³-hybridized carbons (Fsp3) is 0.800. The molecular formula is C5H12N2O2S. The normalized spacial score (nSPS) is 12.6. The predicted octanol–water partition coefficient (Wildman–Crippen LogP) is -0.994. The van der Waals surface area contributed by atoms with E-state index in [9.17, 15) is 9.00 Å². The molecule has 5 heteroatoms. The predicted molar refractivity (Wildman–Crippen MR) is 40.8 cm³/mol. The van der Waals surface area contributed by atoms with E-state index in [2.05, 4.69) is 10.0 Å². The molecular weight excluding hydrogens is 152 g/mol. The molecule has 0 saturated carbocycles. The first-order chi connectivity index (χ1) is 4.63. The van der Waals surface area contributed by atoms with Gasteiger partial charge in [0.25, 0.3) is 0 Å². The summed E-state index contributed by atoms with van der Waals surface area (Å²) in [7, 11) is -0.982. The lowest BCUT2D eigenvalue weighted by Crippen LogP contribution is -2.30. The van der Waals surface area contributed by atoms with E-state index in [1.54, 1.807) is 6.26 Å². The minimum atomic E-state index is -0.982. The van der Waals surface area contributed by atoms with E-state index in [0.717, 1.165) is 0 Å². The van der Waals surface area contributed by atoms with Gasteiger partial charge in [0.15, 0.2) is 0 Å². The van der Waals surface area contributed by atoms with Crippen molar-refractivity contribution in [2.45, 2.75) is 6.92 Å². The Morgan fingerprint density at radius 1 is 1.50 bits per heavy atom. The summed E-state index contributed by atoms with van der Waals surface area (Å²) in [4.78, 5) is 10.3. The minimum Gasteiger partial charge on any atom is -0.355 e. The molecule has 0 aliphatic heterocycles. The van der Waals surface area contributed by atoms with Crippen LogP contribution in [0.3, 0.4) is 0 Å². The third kappa shape index (κ3) is 7.58. The smallest absolute Gasteiger partial charge is 0.216 e. The molecule has 2 N–H and O–H groups in total. The van der Waals surface area contributed by atoms with E-state index in [1.165, 1.54) is 6.92 Å². The van der Waals surface area contributed by atoms with Crippen molar-refractivity contribution in [1.82, 2.24) is 10.0 Å². The fourth-order valence-electron chi connectivity index (χ4n) is 0.433. The van der Waals surface area contributed by atoms with Crippen molar-refractivity contribution >= 4 is 16.9 Å². The number of carbonyl (C=O) groups is 1. The van der Waals surface area contributed by atoms with Gasteiger partial charge in [-0.25, -0.2) is 8.93 Å². The fourth-order valence-corrected chi connectivity index (χ4v) is 0.823. The van der Waals surface area contributed by atoms with E-state index < -0.39 is 11.0 Å². The lowest BCUT2D eigenvalue weighted by molar-refractivity contribution is -0.118. The zero-order valence-electron chi connectivity index (χ0n) is 6.14. The SMILES string of the molecule is CC(=O)NCCNS(C)=O. The van der Waals surface area contributed by atoms with Crippen LogP contribution in [0, 0.1) is 0 Å². The third-order valence-electron chi connectivity index (χ3n) is 0.804. The van der Waals surface area contributed by atoms with Gasteiger partial charge in [0.1, 0.15) is 0 Å². The summed E-state index contributed by atoms with van der Waals surface area (Å²) in [5, 5.41) is 2.56. The second kappa shape index (κ2) is 5.37. The Morgan fingerprint density at radius 2 is 2.10 bits per heavy atom. The molecule has 0 aliphatic rings. The number of hydrogen-bond donors (Lipinski definition) is 2. The van der Waals surface area contributed by atoms with Gasteiger partial charge in [-0.15, -0.1) is 0 Å². The van der Waals surface area contributed by atoms with E-state index in [0.29, 0.717) is 13.1 Å². The van der Waals surface area contributed by atoms with Crippen LogP contribution in [0.2, 0.25) is 0 Å². The van der Waals surface area contributed by atoms with Gasteiger partial charge in [-0.2, -0.15) is 0 Å². The molecule has 0 aromatic rings. The average Bonchev–Trinajstić information content (AvgIpc) is 1.79. The van der Waals surface area contributed by atoms with Crippen LogP contribution in [0.15, 0.2) is 0 Å². The van der Waals surface area contributed by atoms with Crippen molar-refractivity contribution < 1.29 is 9.00 Å². The summed E-state index contributed by atoms with van der Waals surface area (Å²) in [6, 6.07) is 0. The van der Waals surface area contributed by atoms with Gasteiger partial charge < -0.3 is 5.32 Å². The number of hydrogen-bond acceptors (Lipinski definition) is 2. The highest BCUT2D eigenvalue weighted by Crippen LogP contribution is 1.63. The van der Waals surface area contributed by atoms with Gasteiger partial charge in [0, 0.05) is 26.3 Å². The second-order valence-electron chi connectivity index (χ2n) is 1.83. The molecule has 60 valence electrons. The maximum Gasteiger partial charge on any atom is 0.216 e. The summed E-state index contributed by atoms with van der Waals surface area (Å²) in [6.07, 6.45) is 1.55. The Labute approximate surface area is 63.0 Å². The first-order valence-corrected chi connectivity index (χ1v) is 4.50. The molecule has 1 amide bonds. The highest BCUT2D eigenvalue weighted by molar-refractivity contribution is 7.82. The van der Waals surface area contributed by atoms with Crippen LogP contribution < -0.4 is 10.0 Å². The Morgan fingerprint density at radius 3 is 2.50 bits per heavy atom. The van der Waals surface area contributed by atoms with E-state index in [1.807, 2.05) is 0 Å². The summed E-state index contributed by atoms with van der Waals surface area (Å²) in [5.74, 6) is -0.0660. The number of amides is 1. The summed E-state index contributed by atoms with van der Waals surface area (Å²) < 4.78 is 13.0. The van der Waals surface area contributed by atoms with Crippen LogP contribution in [0.4, 0.5) is 0 Å². The lowest BCUT2D eigenvalue weighted by Gasteiger charge is -2.00. The lowest BCUT2D eigenvalue weighted by atomic mass is 10.6. The maximum atomic E-state index is 10.4. The van der Waals surface area contributed by atoms with Crippen molar-refractivity contribution in [2.24, 2.45) is 0 Å². The molecule has 10 heavy (non-hydrogen) atoms. The van der Waals surface area contributed by atoms with Crippen LogP contribution >= 0.6 is 0 Å². The molecule has 1 unspecified atom stereocenters. The van der Waals surface area contributed by atoms with Gasteiger partial charge in [-0.1, -0.05) is 0 Å². The molecule has 0 radical (unpaired) electrons. The Balaban J connectivity index is 3.06. The van der Waals surface area contributed by atoms with E-state index in [4.69, 9.17) is 0 Å². The molecule has 0 aromatic heterocycles. The Bertz CT molecular complexity index is 122. The van der Waals surface area contributed by atoms with Crippen LogP contribution in [0.5, 0.6) is 0 Å². The Kier molecular flexibility index (Phi) is 5.15. The van der Waals surface area contributed by atoms with Crippen molar-refractivity contribution in [2.75, 3.05) is 19.3 Å². The van der Waals surface area contributed by atoms with Crippen LogP contribution in [0.1, 0.15) is 6.92 Å². The molecule has 0 saturated heterocycles. The van der Waals surface area contributed by atoms with E-state index in [-0.39, 0.29) is 5.91 Å². The second-order valence-corrected chi connectivity index (χ2v) is 3.03. The molecule has 1 atom stereocenters. The third-order valence-corrected chi connectivity index (χ3v) is 1.41. The number of rotatable bonds is 4. The summed E-state index contributed by atoms with van der Waals surface area (Å²) in [5.41, 5.74) is 0. The van der Waals surface area contributed by atoms with E-state index >= 15 is 0 Å². The molecule has 0 heterocycles. The van der Waals surface area contributed by atoms with Crippen molar-refractivity contribution in [3.8, 4) is 0 Å². The first kappa shape index (κ1) is 9.58. The topological polar surface area (TPSA) is 58.2 Å². The maximum absolute atomic E-state index is 10.4. The van der Waals surface area contributed by atoms with Crippen LogP contribution in [0.25, 0.3) is 0 Å². The van der Waals surface area contributed by atoms with Gasteiger partial charge in [-0.3, -0.25) is 4.79 Å². The molecule has 0 aromatic carbocycles. The zero-order chi connectivity index (χ0) is 7.98. The molecule has 0 bridgehead atoms. The van der Waals surface area contributed by atoms with Gasteiger partial charge in [0.2, 0.25) is 5.91 Å². The van der Waals surface area contributed by atoms with Gasteiger partial charge in [-0.05, 0) is 0 Å². The molecule has 0 spiro atoms. The van der Waals surface area contributed by atoms with Crippen LogP contribution in [-0.2, 0) is 15.8 Å². The van der Waals surface area contributed by atoms with Gasteiger partial charge in [0.05, 0.1) is 11.0 Å². The van der Waals surface area contributed by atoms with Gasteiger partial charge >= 0.3 is 0 Å². The highest BCUT2D eigenvalue weighted by atomic mass is 32.2. The standard InChI is InChI=1S/C5H12N2O2S/c1-5(8)6-3-4-7-10(2)9/h7H,3-4H2,1-2H3,(H,6,8). The van der Waals surface area contributed by atoms with Crippen molar-refractivity contribution in [3.05, 3.63) is 0 Å². The quantitative estimate of drug-likeness (QED) is 0.524. The highest BCUT2D eigenvalue weighted by Gasteiger charge is 1.90.